The summed E-state index contributed by atoms with van der Waals surface area (Å²) in [5, 5.41) is 12.7. The van der Waals surface area contributed by atoms with E-state index in [4.69, 9.17) is 10.5 Å². The van der Waals surface area contributed by atoms with E-state index in [-0.39, 0.29) is 12.1 Å². The number of nitrogen functional groups attached to an aromatic ring is 1. The van der Waals surface area contributed by atoms with Gasteiger partial charge in [-0.2, -0.15) is 0 Å². The summed E-state index contributed by atoms with van der Waals surface area (Å²) in [5.41, 5.74) is 7.46. The van der Waals surface area contributed by atoms with Crippen molar-refractivity contribution in [3.8, 4) is 5.75 Å². The molecule has 0 amide bonds. The van der Waals surface area contributed by atoms with E-state index >= 15 is 0 Å². The van der Waals surface area contributed by atoms with Crippen molar-refractivity contribution >= 4 is 11.4 Å². The van der Waals surface area contributed by atoms with E-state index in [1.165, 1.54) is 0 Å². The lowest BCUT2D eigenvalue weighted by molar-refractivity contribution is 0.179. The molecule has 0 aliphatic heterocycles. The second-order valence-corrected chi connectivity index (χ2v) is 4.73. The number of ether oxygens (including phenoxy) is 1. The average Bonchev–Trinajstić information content (AvgIpc) is 2.28. The molecular formula is C14H24N2O2. The molecule has 18 heavy (non-hydrogen) atoms. The van der Waals surface area contributed by atoms with Crippen molar-refractivity contribution in [2.75, 3.05) is 17.7 Å². The Hall–Kier alpha value is -1.42. The number of nitrogens with two attached hydrogens (primary N) is 1. The monoisotopic (exact) mass is 252 g/mol. The van der Waals surface area contributed by atoms with Gasteiger partial charge in [-0.05, 0) is 38.8 Å². The van der Waals surface area contributed by atoms with Crippen LogP contribution in [0.25, 0.3) is 0 Å². The quantitative estimate of drug-likeness (QED) is 0.653. The molecule has 4 N–H and O–H groups in total. The van der Waals surface area contributed by atoms with Gasteiger partial charge in [0.2, 0.25) is 0 Å². The van der Waals surface area contributed by atoms with Gasteiger partial charge in [0.05, 0.1) is 18.4 Å². The number of aliphatic hydroxyl groups is 1. The van der Waals surface area contributed by atoms with E-state index in [2.05, 4.69) is 12.2 Å². The molecule has 0 heterocycles. The fraction of sp³-hybridized carbons (Fsp3) is 0.571. The van der Waals surface area contributed by atoms with Crippen molar-refractivity contribution in [2.24, 2.45) is 0 Å². The third-order valence-corrected chi connectivity index (χ3v) is 2.58. The van der Waals surface area contributed by atoms with E-state index < -0.39 is 0 Å². The molecule has 0 saturated heterocycles. The SMILES string of the molecule is CCCOc1cc(NC(C)CC(C)O)ccc1N. The van der Waals surface area contributed by atoms with Crippen LogP contribution in [0.5, 0.6) is 5.75 Å². The van der Waals surface area contributed by atoms with Gasteiger partial charge in [0.15, 0.2) is 0 Å². The van der Waals surface area contributed by atoms with Gasteiger partial charge >= 0.3 is 0 Å². The molecule has 0 fully saturated rings. The van der Waals surface area contributed by atoms with Gasteiger partial charge in [-0.1, -0.05) is 6.92 Å². The minimum Gasteiger partial charge on any atom is -0.491 e. The van der Waals surface area contributed by atoms with E-state index in [1.54, 1.807) is 6.92 Å². The van der Waals surface area contributed by atoms with E-state index in [1.807, 2.05) is 25.1 Å². The zero-order chi connectivity index (χ0) is 13.5. The van der Waals surface area contributed by atoms with Crippen LogP contribution in [0.3, 0.4) is 0 Å². The first-order valence-electron chi connectivity index (χ1n) is 6.49. The maximum atomic E-state index is 9.33. The maximum Gasteiger partial charge on any atom is 0.144 e. The third-order valence-electron chi connectivity index (χ3n) is 2.58. The number of rotatable bonds is 7. The van der Waals surface area contributed by atoms with E-state index in [9.17, 15) is 5.11 Å². The molecule has 1 aromatic carbocycles. The summed E-state index contributed by atoms with van der Waals surface area (Å²) < 4.78 is 5.57. The zero-order valence-corrected chi connectivity index (χ0v) is 11.4. The fourth-order valence-electron chi connectivity index (χ4n) is 1.82. The average molecular weight is 252 g/mol. The first kappa shape index (κ1) is 14.6. The molecule has 0 saturated carbocycles. The van der Waals surface area contributed by atoms with Crippen molar-refractivity contribution in [1.29, 1.82) is 0 Å². The van der Waals surface area contributed by atoms with Crippen molar-refractivity contribution in [3.63, 3.8) is 0 Å². The van der Waals surface area contributed by atoms with Crippen LogP contribution in [-0.4, -0.2) is 23.9 Å². The first-order valence-corrected chi connectivity index (χ1v) is 6.49. The highest BCUT2D eigenvalue weighted by molar-refractivity contribution is 5.61. The molecular weight excluding hydrogens is 228 g/mol. The summed E-state index contributed by atoms with van der Waals surface area (Å²) in [5.74, 6) is 0.714. The summed E-state index contributed by atoms with van der Waals surface area (Å²) in [7, 11) is 0. The number of hydrogen-bond donors (Lipinski definition) is 3. The fourth-order valence-corrected chi connectivity index (χ4v) is 1.82. The van der Waals surface area contributed by atoms with Gasteiger partial charge in [-0.15, -0.1) is 0 Å². The van der Waals surface area contributed by atoms with Gasteiger partial charge in [-0.25, -0.2) is 0 Å². The van der Waals surface area contributed by atoms with Crippen LogP contribution in [-0.2, 0) is 0 Å². The Kier molecular flexibility index (Phi) is 5.78. The highest BCUT2D eigenvalue weighted by Gasteiger charge is 2.07. The molecule has 2 unspecified atom stereocenters. The highest BCUT2D eigenvalue weighted by Crippen LogP contribution is 2.26. The topological polar surface area (TPSA) is 67.5 Å². The Morgan fingerprint density at radius 2 is 2.11 bits per heavy atom. The number of hydrogen-bond acceptors (Lipinski definition) is 4. The number of aliphatic hydroxyl groups excluding tert-OH is 1. The van der Waals surface area contributed by atoms with Crippen LogP contribution >= 0.6 is 0 Å². The minimum absolute atomic E-state index is 0.202. The van der Waals surface area contributed by atoms with Gasteiger partial charge in [0.1, 0.15) is 5.75 Å². The second-order valence-electron chi connectivity index (χ2n) is 4.73. The molecule has 1 aromatic rings. The smallest absolute Gasteiger partial charge is 0.144 e. The summed E-state index contributed by atoms with van der Waals surface area (Å²) in [4.78, 5) is 0. The molecule has 0 spiro atoms. The lowest BCUT2D eigenvalue weighted by Gasteiger charge is -2.18. The van der Waals surface area contributed by atoms with Gasteiger partial charge in [0.25, 0.3) is 0 Å². The molecule has 2 atom stereocenters. The largest absolute Gasteiger partial charge is 0.491 e. The Morgan fingerprint density at radius 3 is 2.72 bits per heavy atom. The molecule has 1 rings (SSSR count). The minimum atomic E-state index is -0.308. The number of nitrogens with one attached hydrogen (secondary N) is 1. The Morgan fingerprint density at radius 1 is 1.39 bits per heavy atom. The lowest BCUT2D eigenvalue weighted by atomic mass is 10.1. The highest BCUT2D eigenvalue weighted by atomic mass is 16.5. The molecule has 0 radical (unpaired) electrons. The normalized spacial score (nSPS) is 14.0. The molecule has 102 valence electrons. The van der Waals surface area contributed by atoms with Crippen LogP contribution in [0.15, 0.2) is 18.2 Å². The van der Waals surface area contributed by atoms with Crippen LogP contribution < -0.4 is 15.8 Å². The third kappa shape index (κ3) is 4.84. The molecule has 0 aliphatic carbocycles. The van der Waals surface area contributed by atoms with Crippen LogP contribution in [0.4, 0.5) is 11.4 Å². The molecule has 0 aromatic heterocycles. The van der Waals surface area contributed by atoms with E-state index in [0.717, 1.165) is 12.1 Å². The summed E-state index contributed by atoms with van der Waals surface area (Å²) >= 11 is 0. The standard InChI is InChI=1S/C14H24N2O2/c1-4-7-18-14-9-12(5-6-13(14)15)16-10(2)8-11(3)17/h5-6,9-11,16-17H,4,7-8,15H2,1-3H3. The lowest BCUT2D eigenvalue weighted by Crippen LogP contribution is -2.20. The second kappa shape index (κ2) is 7.11. The molecule has 4 heteroatoms. The van der Waals surface area contributed by atoms with Gasteiger partial charge in [-0.3, -0.25) is 0 Å². The van der Waals surface area contributed by atoms with E-state index in [0.29, 0.717) is 24.5 Å². The Labute approximate surface area is 109 Å². The van der Waals surface area contributed by atoms with Crippen LogP contribution in [0.2, 0.25) is 0 Å². The van der Waals surface area contributed by atoms with Crippen molar-refractivity contribution in [3.05, 3.63) is 18.2 Å². The molecule has 0 bridgehead atoms. The van der Waals surface area contributed by atoms with Gasteiger partial charge < -0.3 is 20.9 Å². The first-order chi connectivity index (χ1) is 8.52. The number of anilines is 2. The predicted molar refractivity (Wildman–Crippen MR) is 76.0 cm³/mol. The summed E-state index contributed by atoms with van der Waals surface area (Å²) in [6.45, 7) is 6.55. The molecule has 0 aliphatic rings. The van der Waals surface area contributed by atoms with Crippen LogP contribution in [0.1, 0.15) is 33.6 Å². The molecule has 4 nitrogen and oxygen atoms in total. The van der Waals surface area contributed by atoms with Crippen molar-refractivity contribution in [2.45, 2.75) is 45.8 Å². The Balaban J connectivity index is 2.66. The van der Waals surface area contributed by atoms with Crippen molar-refractivity contribution in [1.82, 2.24) is 0 Å². The van der Waals surface area contributed by atoms with Crippen LogP contribution in [0, 0.1) is 0 Å². The van der Waals surface area contributed by atoms with Crippen molar-refractivity contribution < 1.29 is 9.84 Å². The Bertz CT molecular complexity index is 367. The zero-order valence-electron chi connectivity index (χ0n) is 11.4. The summed E-state index contributed by atoms with van der Waals surface area (Å²) in [6.07, 6.45) is 1.35. The predicted octanol–water partition coefficient (Wildman–Crippen LogP) is 2.63. The maximum absolute atomic E-state index is 9.33. The van der Waals surface area contributed by atoms with Gasteiger partial charge in [0, 0.05) is 17.8 Å². The summed E-state index contributed by atoms with van der Waals surface area (Å²) in [6, 6.07) is 5.87. The number of benzene rings is 1.